The van der Waals surface area contributed by atoms with E-state index in [4.69, 9.17) is 0 Å². The third-order valence-electron chi connectivity index (χ3n) is 3.98. The van der Waals surface area contributed by atoms with Crippen molar-refractivity contribution in [2.45, 2.75) is 31.4 Å². The van der Waals surface area contributed by atoms with Crippen LogP contribution in [0.15, 0.2) is 40.6 Å². The van der Waals surface area contributed by atoms with Crippen molar-refractivity contribution in [3.05, 3.63) is 53.2 Å². The molecule has 0 fully saturated rings. The van der Waals surface area contributed by atoms with Crippen molar-refractivity contribution < 1.29 is 8.42 Å². The van der Waals surface area contributed by atoms with Gasteiger partial charge in [-0.3, -0.25) is 9.82 Å². The van der Waals surface area contributed by atoms with Crippen LogP contribution in [0.25, 0.3) is 10.6 Å². The van der Waals surface area contributed by atoms with Crippen molar-refractivity contribution in [2.24, 2.45) is 0 Å². The number of hydrogen-bond acceptors (Lipinski definition) is 4. The third-order valence-corrected chi connectivity index (χ3v) is 6.92. The quantitative estimate of drug-likeness (QED) is 0.718. The Bertz CT molecular complexity index is 971. The number of nitrogens with one attached hydrogen (secondary N) is 2. The molecular weight excluding hydrogens is 342 g/mol. The first kappa shape index (κ1) is 16.7. The van der Waals surface area contributed by atoms with E-state index in [0.29, 0.717) is 5.69 Å². The second kappa shape index (κ2) is 6.41. The molecule has 3 aromatic rings. The van der Waals surface area contributed by atoms with Crippen molar-refractivity contribution in [1.82, 2.24) is 10.2 Å². The Morgan fingerprint density at radius 2 is 1.92 bits per heavy atom. The number of rotatable bonds is 5. The molecule has 5 nitrogen and oxygen atoms in total. The van der Waals surface area contributed by atoms with Crippen LogP contribution >= 0.6 is 11.3 Å². The molecule has 1 aromatic carbocycles. The molecule has 0 amide bonds. The van der Waals surface area contributed by atoms with Gasteiger partial charge in [-0.2, -0.15) is 5.10 Å². The topological polar surface area (TPSA) is 74.8 Å². The first-order valence-electron chi connectivity index (χ1n) is 7.65. The lowest BCUT2D eigenvalue weighted by atomic mass is 10.1. The molecule has 0 aliphatic carbocycles. The zero-order valence-corrected chi connectivity index (χ0v) is 15.4. The highest BCUT2D eigenvalue weighted by Crippen LogP contribution is 2.33. The van der Waals surface area contributed by atoms with Gasteiger partial charge in [0.05, 0.1) is 10.6 Å². The lowest BCUT2D eigenvalue weighted by molar-refractivity contribution is 0.603. The summed E-state index contributed by atoms with van der Waals surface area (Å²) in [5.41, 5.74) is 4.41. The third kappa shape index (κ3) is 3.09. The molecule has 126 valence electrons. The number of sulfonamides is 1. The molecule has 0 unspecified atom stereocenters. The molecule has 0 bridgehead atoms. The van der Waals surface area contributed by atoms with Crippen LogP contribution in [-0.2, 0) is 16.4 Å². The Hall–Kier alpha value is -2.12. The van der Waals surface area contributed by atoms with Gasteiger partial charge in [-0.1, -0.05) is 25.1 Å². The number of thiophene rings is 1. The summed E-state index contributed by atoms with van der Waals surface area (Å²) < 4.78 is 28.3. The lowest BCUT2D eigenvalue weighted by Gasteiger charge is -2.10. The van der Waals surface area contributed by atoms with E-state index in [2.05, 4.69) is 14.9 Å². The highest BCUT2D eigenvalue weighted by atomic mass is 32.2. The number of aromatic nitrogens is 2. The van der Waals surface area contributed by atoms with E-state index in [-0.39, 0.29) is 4.21 Å². The van der Waals surface area contributed by atoms with Crippen molar-refractivity contribution in [2.75, 3.05) is 4.72 Å². The normalized spacial score (nSPS) is 11.6. The van der Waals surface area contributed by atoms with Gasteiger partial charge < -0.3 is 0 Å². The Morgan fingerprint density at radius 1 is 1.17 bits per heavy atom. The molecular formula is C17H19N3O2S2. The van der Waals surface area contributed by atoms with E-state index < -0.39 is 10.0 Å². The van der Waals surface area contributed by atoms with Crippen molar-refractivity contribution in [1.29, 1.82) is 0 Å². The monoisotopic (exact) mass is 361 g/mol. The summed E-state index contributed by atoms with van der Waals surface area (Å²) in [4.78, 5) is 0.834. The van der Waals surface area contributed by atoms with Gasteiger partial charge in [0.15, 0.2) is 0 Å². The van der Waals surface area contributed by atoms with Crippen LogP contribution in [0.2, 0.25) is 0 Å². The van der Waals surface area contributed by atoms with E-state index in [1.165, 1.54) is 11.3 Å². The maximum atomic E-state index is 12.7. The fourth-order valence-corrected chi connectivity index (χ4v) is 4.89. The number of anilines is 1. The maximum Gasteiger partial charge on any atom is 0.271 e. The summed E-state index contributed by atoms with van der Waals surface area (Å²) in [6, 6.07) is 10.9. The predicted octanol–water partition coefficient (Wildman–Crippen LogP) is 4.12. The van der Waals surface area contributed by atoms with Crippen LogP contribution in [0, 0.1) is 13.8 Å². The Labute approximate surface area is 145 Å². The molecule has 0 aliphatic rings. The van der Waals surface area contributed by atoms with Gasteiger partial charge in [0.1, 0.15) is 9.90 Å². The zero-order valence-electron chi connectivity index (χ0n) is 13.8. The number of nitrogens with zero attached hydrogens (tertiary/aromatic N) is 1. The fraction of sp³-hybridized carbons (Fsp3) is 0.235. The number of aromatic amines is 1. The van der Waals surface area contributed by atoms with Crippen molar-refractivity contribution >= 4 is 27.0 Å². The highest BCUT2D eigenvalue weighted by molar-refractivity contribution is 7.94. The van der Waals surface area contributed by atoms with Crippen LogP contribution in [-0.4, -0.2) is 18.6 Å². The van der Waals surface area contributed by atoms with E-state index in [0.717, 1.165) is 33.8 Å². The maximum absolute atomic E-state index is 12.7. The Balaban J connectivity index is 1.92. The van der Waals surface area contributed by atoms with Crippen LogP contribution in [0.3, 0.4) is 0 Å². The van der Waals surface area contributed by atoms with Gasteiger partial charge in [0.2, 0.25) is 0 Å². The molecule has 3 rings (SSSR count). The van der Waals surface area contributed by atoms with Gasteiger partial charge in [-0.05, 0) is 49.6 Å². The second-order valence-electron chi connectivity index (χ2n) is 5.56. The minimum atomic E-state index is -3.61. The van der Waals surface area contributed by atoms with E-state index in [1.54, 1.807) is 18.2 Å². The van der Waals surface area contributed by atoms with Crippen molar-refractivity contribution in [3.63, 3.8) is 0 Å². The summed E-state index contributed by atoms with van der Waals surface area (Å²) in [7, 11) is -3.61. The average molecular weight is 361 g/mol. The summed E-state index contributed by atoms with van der Waals surface area (Å²) in [6.07, 6.45) is 0.764. The molecule has 2 aromatic heterocycles. The van der Waals surface area contributed by atoms with Crippen LogP contribution in [0.5, 0.6) is 0 Å². The molecule has 7 heteroatoms. The van der Waals surface area contributed by atoms with Crippen LogP contribution in [0.1, 0.15) is 23.7 Å². The predicted molar refractivity (Wildman–Crippen MR) is 98.0 cm³/mol. The summed E-state index contributed by atoms with van der Waals surface area (Å²) >= 11 is 1.22. The molecule has 0 aliphatic heterocycles. The second-order valence-corrected chi connectivity index (χ2v) is 8.55. The molecule has 0 saturated heterocycles. The Morgan fingerprint density at radius 3 is 2.58 bits per heavy atom. The average Bonchev–Trinajstić information content (AvgIpc) is 3.16. The smallest absolute Gasteiger partial charge is 0.271 e. The molecule has 2 N–H and O–H groups in total. The van der Waals surface area contributed by atoms with Gasteiger partial charge in [0.25, 0.3) is 10.0 Å². The van der Waals surface area contributed by atoms with E-state index in [1.807, 2.05) is 39.0 Å². The van der Waals surface area contributed by atoms with Crippen LogP contribution < -0.4 is 4.72 Å². The highest BCUT2D eigenvalue weighted by Gasteiger charge is 2.20. The number of H-pyrrole nitrogens is 1. The van der Waals surface area contributed by atoms with Gasteiger partial charge in [-0.15, -0.1) is 11.3 Å². The molecule has 0 radical (unpaired) electrons. The SMILES string of the molecule is CCc1ccccc1NS(=O)(=O)c1ccc(-c2n[nH]c(C)c2C)s1. The number of para-hydroxylation sites is 1. The first-order valence-corrected chi connectivity index (χ1v) is 9.95. The number of hydrogen-bond donors (Lipinski definition) is 2. The molecule has 0 saturated carbocycles. The summed E-state index contributed by atoms with van der Waals surface area (Å²) in [5.74, 6) is 0. The lowest BCUT2D eigenvalue weighted by Crippen LogP contribution is -2.12. The largest absolute Gasteiger partial charge is 0.282 e. The fourth-order valence-electron chi connectivity index (χ4n) is 2.44. The van der Waals surface area contributed by atoms with E-state index >= 15 is 0 Å². The van der Waals surface area contributed by atoms with Gasteiger partial charge >= 0.3 is 0 Å². The first-order chi connectivity index (χ1) is 11.4. The van der Waals surface area contributed by atoms with Gasteiger partial charge in [-0.25, -0.2) is 8.42 Å². The molecule has 2 heterocycles. The molecule has 0 atom stereocenters. The minimum Gasteiger partial charge on any atom is -0.282 e. The van der Waals surface area contributed by atoms with Gasteiger partial charge in [0, 0.05) is 5.69 Å². The zero-order chi connectivity index (χ0) is 17.3. The van der Waals surface area contributed by atoms with Crippen molar-refractivity contribution in [3.8, 4) is 10.6 Å². The summed E-state index contributed by atoms with van der Waals surface area (Å²) in [5, 5.41) is 7.19. The minimum absolute atomic E-state index is 0.281. The standard InChI is InChI=1S/C17H19N3O2S2/c1-4-13-7-5-6-8-14(13)20-24(21,22)16-10-9-15(23-16)17-11(2)12(3)18-19-17/h5-10,20H,4H2,1-3H3,(H,18,19). The summed E-state index contributed by atoms with van der Waals surface area (Å²) in [6.45, 7) is 5.91. The number of aryl methyl sites for hydroxylation is 2. The van der Waals surface area contributed by atoms with E-state index in [9.17, 15) is 8.42 Å². The molecule has 0 spiro atoms. The number of benzene rings is 1. The Kier molecular flexibility index (Phi) is 4.47. The molecule has 24 heavy (non-hydrogen) atoms. The van der Waals surface area contributed by atoms with Crippen LogP contribution in [0.4, 0.5) is 5.69 Å².